The summed E-state index contributed by atoms with van der Waals surface area (Å²) < 4.78 is 7.37. The van der Waals surface area contributed by atoms with Crippen molar-refractivity contribution < 1.29 is 9.53 Å². The molecule has 1 amide bonds. The molecule has 0 bridgehead atoms. The molecule has 6 heteroatoms. The van der Waals surface area contributed by atoms with E-state index in [1.54, 1.807) is 6.20 Å². The van der Waals surface area contributed by atoms with Crippen molar-refractivity contribution in [1.29, 1.82) is 0 Å². The van der Waals surface area contributed by atoms with Gasteiger partial charge in [-0.15, -0.1) is 5.10 Å². The molecule has 6 nitrogen and oxygen atoms in total. The summed E-state index contributed by atoms with van der Waals surface area (Å²) in [5, 5.41) is 7.84. The van der Waals surface area contributed by atoms with Crippen molar-refractivity contribution in [1.82, 2.24) is 19.9 Å². The Kier molecular flexibility index (Phi) is 4.90. The molecule has 106 valence electrons. The number of hydrogen-bond donors (Lipinski definition) is 0. The summed E-state index contributed by atoms with van der Waals surface area (Å²) in [5.74, 6) is 0.0948. The number of rotatable bonds is 5. The molecule has 2 rings (SSSR count). The third kappa shape index (κ3) is 3.76. The number of carbonyl (C=O) groups is 1. The molecule has 1 aliphatic rings. The Morgan fingerprint density at radius 3 is 2.79 bits per heavy atom. The van der Waals surface area contributed by atoms with Gasteiger partial charge in [0.25, 0.3) is 0 Å². The van der Waals surface area contributed by atoms with Gasteiger partial charge in [0.2, 0.25) is 5.91 Å². The number of nitrogens with zero attached hydrogens (tertiary/aromatic N) is 4. The normalized spacial score (nSPS) is 18.5. The molecule has 1 fully saturated rings. The van der Waals surface area contributed by atoms with E-state index < -0.39 is 0 Å². The van der Waals surface area contributed by atoms with Crippen molar-refractivity contribution in [3.63, 3.8) is 0 Å². The molecular formula is C13H22N4O2. The lowest BCUT2D eigenvalue weighted by atomic mass is 10.1. The zero-order valence-corrected chi connectivity index (χ0v) is 11.7. The molecule has 1 aliphatic heterocycles. The number of aromatic nitrogens is 3. The van der Waals surface area contributed by atoms with E-state index in [0.717, 1.165) is 32.4 Å². The first kappa shape index (κ1) is 14.0. The van der Waals surface area contributed by atoms with Gasteiger partial charge in [-0.05, 0) is 26.2 Å². The van der Waals surface area contributed by atoms with Gasteiger partial charge in [0.05, 0.1) is 18.3 Å². The summed E-state index contributed by atoms with van der Waals surface area (Å²) in [6, 6.07) is 0.363. The van der Waals surface area contributed by atoms with Crippen LogP contribution in [0.1, 0.15) is 39.2 Å². The minimum Gasteiger partial charge on any atom is -0.369 e. The average molecular weight is 266 g/mol. The van der Waals surface area contributed by atoms with E-state index in [9.17, 15) is 4.79 Å². The smallest absolute Gasteiger partial charge is 0.248 e. The average Bonchev–Trinajstić information content (AvgIpc) is 2.98. The van der Waals surface area contributed by atoms with Crippen molar-refractivity contribution in [2.75, 3.05) is 19.7 Å². The summed E-state index contributed by atoms with van der Waals surface area (Å²) in [5.41, 5.74) is 0. The van der Waals surface area contributed by atoms with Crippen LogP contribution in [0.15, 0.2) is 12.4 Å². The maximum absolute atomic E-state index is 12.0. The van der Waals surface area contributed by atoms with Gasteiger partial charge in [-0.2, -0.15) is 0 Å². The second-order valence-corrected chi connectivity index (χ2v) is 5.02. The van der Waals surface area contributed by atoms with Crippen molar-refractivity contribution in [2.24, 2.45) is 0 Å². The van der Waals surface area contributed by atoms with Crippen LogP contribution in [-0.2, 0) is 9.53 Å². The first-order chi connectivity index (χ1) is 9.20. The largest absolute Gasteiger partial charge is 0.369 e. The maximum Gasteiger partial charge on any atom is 0.248 e. The Morgan fingerprint density at radius 1 is 1.47 bits per heavy atom. The zero-order valence-electron chi connectivity index (χ0n) is 11.7. The highest BCUT2D eigenvalue weighted by molar-refractivity contribution is 5.77. The van der Waals surface area contributed by atoms with E-state index in [4.69, 9.17) is 4.74 Å². The van der Waals surface area contributed by atoms with Gasteiger partial charge in [0.1, 0.15) is 6.61 Å². The van der Waals surface area contributed by atoms with Crippen molar-refractivity contribution in [3.05, 3.63) is 12.4 Å². The van der Waals surface area contributed by atoms with Gasteiger partial charge in [0, 0.05) is 19.3 Å². The van der Waals surface area contributed by atoms with Crippen LogP contribution in [0.5, 0.6) is 0 Å². The van der Waals surface area contributed by atoms with E-state index in [1.165, 1.54) is 0 Å². The van der Waals surface area contributed by atoms with Gasteiger partial charge < -0.3 is 9.64 Å². The Hall–Kier alpha value is -1.43. The predicted octanol–water partition coefficient (Wildman–Crippen LogP) is 1.26. The first-order valence-electron chi connectivity index (χ1n) is 6.96. The highest BCUT2D eigenvalue weighted by atomic mass is 16.5. The second-order valence-electron chi connectivity index (χ2n) is 5.02. The third-order valence-electron chi connectivity index (χ3n) is 3.70. The molecule has 0 unspecified atom stereocenters. The maximum atomic E-state index is 12.0. The van der Waals surface area contributed by atoms with Gasteiger partial charge in [-0.1, -0.05) is 12.1 Å². The minimum absolute atomic E-state index is 0.0948. The quantitative estimate of drug-likeness (QED) is 0.805. The highest BCUT2D eigenvalue weighted by Gasteiger charge is 2.24. The van der Waals surface area contributed by atoms with E-state index in [1.807, 2.05) is 22.7 Å². The Labute approximate surface area is 113 Å². The minimum atomic E-state index is 0.0948. The molecule has 0 radical (unpaired) electrons. The topological polar surface area (TPSA) is 60.2 Å². The van der Waals surface area contributed by atoms with E-state index in [0.29, 0.717) is 6.04 Å². The molecule has 1 aromatic rings. The van der Waals surface area contributed by atoms with Crippen LogP contribution in [0.3, 0.4) is 0 Å². The summed E-state index contributed by atoms with van der Waals surface area (Å²) in [6.45, 7) is 5.78. The van der Waals surface area contributed by atoms with Crippen LogP contribution in [0.25, 0.3) is 0 Å². The predicted molar refractivity (Wildman–Crippen MR) is 70.6 cm³/mol. The zero-order chi connectivity index (χ0) is 13.7. The van der Waals surface area contributed by atoms with Gasteiger partial charge >= 0.3 is 0 Å². The summed E-state index contributed by atoms with van der Waals surface area (Å²) in [6.07, 6.45) is 6.51. The second kappa shape index (κ2) is 6.65. The molecule has 2 heterocycles. The van der Waals surface area contributed by atoms with E-state index in [2.05, 4.69) is 17.2 Å². The number of hydrogen-bond acceptors (Lipinski definition) is 4. The number of piperidine rings is 1. The molecule has 0 aliphatic carbocycles. The molecule has 1 saturated heterocycles. The SMILES string of the molecule is CC[C@H](C)OCC(=O)N1CCC(n2ccnn2)CC1. The molecule has 1 atom stereocenters. The van der Waals surface area contributed by atoms with E-state index in [-0.39, 0.29) is 18.6 Å². The van der Waals surface area contributed by atoms with Gasteiger partial charge in [-0.25, -0.2) is 4.68 Å². The molecule has 0 spiro atoms. The lowest BCUT2D eigenvalue weighted by Gasteiger charge is -2.32. The number of ether oxygens (including phenoxy) is 1. The molecular weight excluding hydrogens is 244 g/mol. The summed E-state index contributed by atoms with van der Waals surface area (Å²) in [7, 11) is 0. The van der Waals surface area contributed by atoms with Crippen LogP contribution in [-0.4, -0.2) is 51.6 Å². The van der Waals surface area contributed by atoms with Crippen LogP contribution in [0.4, 0.5) is 0 Å². The Bertz CT molecular complexity index is 385. The molecule has 0 saturated carbocycles. The number of likely N-dealkylation sites (tertiary alicyclic amines) is 1. The molecule has 1 aromatic heterocycles. The molecule has 19 heavy (non-hydrogen) atoms. The van der Waals surface area contributed by atoms with Crippen molar-refractivity contribution in [2.45, 2.75) is 45.3 Å². The number of carbonyl (C=O) groups excluding carboxylic acids is 1. The van der Waals surface area contributed by atoms with Crippen LogP contribution in [0.2, 0.25) is 0 Å². The first-order valence-corrected chi connectivity index (χ1v) is 6.96. The summed E-state index contributed by atoms with van der Waals surface area (Å²) >= 11 is 0. The van der Waals surface area contributed by atoms with E-state index >= 15 is 0 Å². The van der Waals surface area contributed by atoms with Crippen LogP contribution >= 0.6 is 0 Å². The van der Waals surface area contributed by atoms with Crippen molar-refractivity contribution >= 4 is 5.91 Å². The lowest BCUT2D eigenvalue weighted by Crippen LogP contribution is -2.41. The summed E-state index contributed by atoms with van der Waals surface area (Å²) in [4.78, 5) is 13.9. The fourth-order valence-electron chi connectivity index (χ4n) is 2.21. The number of amides is 1. The molecule has 0 aromatic carbocycles. The van der Waals surface area contributed by atoms with Crippen LogP contribution < -0.4 is 0 Å². The van der Waals surface area contributed by atoms with Crippen molar-refractivity contribution in [3.8, 4) is 0 Å². The molecule has 0 N–H and O–H groups in total. The Balaban J connectivity index is 1.75. The monoisotopic (exact) mass is 266 g/mol. The lowest BCUT2D eigenvalue weighted by molar-refractivity contribution is -0.139. The standard InChI is InChI=1S/C13H22N4O2/c1-3-11(2)19-10-13(18)16-7-4-12(5-8-16)17-9-6-14-15-17/h6,9,11-12H,3-5,7-8,10H2,1-2H3/t11-/m0/s1. The van der Waals surface area contributed by atoms with Crippen LogP contribution in [0, 0.1) is 0 Å². The van der Waals surface area contributed by atoms with Gasteiger partial charge in [-0.3, -0.25) is 4.79 Å². The highest BCUT2D eigenvalue weighted by Crippen LogP contribution is 2.21. The third-order valence-corrected chi connectivity index (χ3v) is 3.70. The fraction of sp³-hybridized carbons (Fsp3) is 0.769. The van der Waals surface area contributed by atoms with Gasteiger partial charge in [0.15, 0.2) is 0 Å². The fourth-order valence-corrected chi connectivity index (χ4v) is 2.21. The Morgan fingerprint density at radius 2 is 2.21 bits per heavy atom.